The van der Waals surface area contributed by atoms with Crippen molar-refractivity contribution in [3.8, 4) is 22.6 Å². The quantitative estimate of drug-likeness (QED) is 0.142. The number of rotatable bonds is 8. The van der Waals surface area contributed by atoms with Gasteiger partial charge in [-0.3, -0.25) is 0 Å². The molecule has 0 radical (unpaired) electrons. The highest BCUT2D eigenvalue weighted by Crippen LogP contribution is 2.65. The Morgan fingerprint density at radius 1 is 0.547 bits per heavy atom. The molecule has 4 aliphatic rings. The Kier molecular flexibility index (Phi) is 9.48. The Labute approximate surface area is 375 Å². The summed E-state index contributed by atoms with van der Waals surface area (Å²) >= 11 is 0. The molecule has 0 saturated carbocycles. The summed E-state index contributed by atoms with van der Waals surface area (Å²) in [6.45, 7) is 0.844. The smallest absolute Gasteiger partial charge is 0.171 e. The number of allylic oxidation sites excluding steroid dienone is 8. The predicted octanol–water partition coefficient (Wildman–Crippen LogP) is 15.3. The number of aryl methyl sites for hydroxylation is 1. The summed E-state index contributed by atoms with van der Waals surface area (Å²) in [4.78, 5) is 2.43. The highest BCUT2D eigenvalue weighted by atomic mass is 16.5. The molecule has 64 heavy (non-hydrogen) atoms. The van der Waals surface area contributed by atoms with Gasteiger partial charge in [0.2, 0.25) is 0 Å². The molecule has 8 aromatic carbocycles. The Morgan fingerprint density at radius 3 is 2.06 bits per heavy atom. The van der Waals surface area contributed by atoms with E-state index >= 15 is 0 Å². The second-order valence-corrected chi connectivity index (χ2v) is 17.4. The van der Waals surface area contributed by atoms with Crippen LogP contribution in [0.1, 0.15) is 47.1 Å². The summed E-state index contributed by atoms with van der Waals surface area (Å²) in [5, 5.41) is 5.15. The van der Waals surface area contributed by atoms with E-state index in [0.29, 0.717) is 11.5 Å². The van der Waals surface area contributed by atoms with Crippen molar-refractivity contribution < 1.29 is 9.47 Å². The van der Waals surface area contributed by atoms with Crippen LogP contribution in [0.5, 0.6) is 11.5 Å². The zero-order valence-corrected chi connectivity index (χ0v) is 35.7. The summed E-state index contributed by atoms with van der Waals surface area (Å²) < 4.78 is 13.3. The largest absolute Gasteiger partial charge is 0.461 e. The van der Waals surface area contributed by atoms with Gasteiger partial charge in [0.1, 0.15) is 0 Å². The maximum absolute atomic E-state index is 6.66. The highest BCUT2D eigenvalue weighted by molar-refractivity contribution is 5.98. The van der Waals surface area contributed by atoms with Crippen LogP contribution in [-0.2, 0) is 11.8 Å². The van der Waals surface area contributed by atoms with Gasteiger partial charge >= 0.3 is 0 Å². The molecule has 308 valence electrons. The van der Waals surface area contributed by atoms with E-state index in [0.717, 1.165) is 43.6 Å². The molecular formula is C61H47NO2. The molecule has 0 aromatic heterocycles. The fraction of sp³-hybridized carbons (Fsp3) is 0.115. The van der Waals surface area contributed by atoms with Crippen LogP contribution in [0.25, 0.3) is 43.8 Å². The number of fused-ring (bicyclic) bond motifs is 12. The van der Waals surface area contributed by atoms with Gasteiger partial charge in [-0.1, -0.05) is 164 Å². The van der Waals surface area contributed by atoms with Gasteiger partial charge in [-0.15, -0.1) is 0 Å². The van der Waals surface area contributed by atoms with Crippen LogP contribution in [0.4, 0.5) is 11.4 Å². The molecule has 3 heteroatoms. The number of anilines is 2. The first-order valence-corrected chi connectivity index (χ1v) is 22.7. The SMILES string of the molecule is C1=CCC2C(=C1)c1ccccc1C21C2=C(/C=C/Oc3cc(N(CCCCc4cccc5ccccc45)c4ccc(-c5cccc6ccccc56)cc4)ccc3OC=C2)c2ccccc21. The van der Waals surface area contributed by atoms with Crippen LogP contribution in [0.3, 0.4) is 0 Å². The third-order valence-electron chi connectivity index (χ3n) is 14.0. The van der Waals surface area contributed by atoms with Crippen LogP contribution in [-0.4, -0.2) is 6.54 Å². The van der Waals surface area contributed by atoms with Crippen molar-refractivity contribution in [2.75, 3.05) is 11.4 Å². The molecule has 0 saturated heterocycles. The minimum atomic E-state index is -0.341. The molecular weight excluding hydrogens is 779 g/mol. The predicted molar refractivity (Wildman–Crippen MR) is 265 cm³/mol. The van der Waals surface area contributed by atoms with Crippen molar-refractivity contribution in [3.05, 3.63) is 252 Å². The van der Waals surface area contributed by atoms with Crippen molar-refractivity contribution in [2.24, 2.45) is 5.92 Å². The van der Waals surface area contributed by atoms with E-state index in [4.69, 9.17) is 9.47 Å². The van der Waals surface area contributed by atoms with Crippen molar-refractivity contribution in [3.63, 3.8) is 0 Å². The maximum Gasteiger partial charge on any atom is 0.171 e. The number of nitrogens with zero attached hydrogens (tertiary/aromatic N) is 1. The average Bonchev–Trinajstić information content (AvgIpc) is 3.81. The monoisotopic (exact) mass is 825 g/mol. The van der Waals surface area contributed by atoms with E-state index < -0.39 is 0 Å². The van der Waals surface area contributed by atoms with Crippen molar-refractivity contribution >= 4 is 44.1 Å². The first kappa shape index (κ1) is 38.1. The molecule has 0 amide bonds. The van der Waals surface area contributed by atoms with E-state index in [2.05, 4.69) is 211 Å². The number of ether oxygens (including phenoxy) is 2. The van der Waals surface area contributed by atoms with Gasteiger partial charge in [-0.2, -0.15) is 0 Å². The maximum atomic E-state index is 6.66. The minimum absolute atomic E-state index is 0.277. The zero-order chi connectivity index (χ0) is 42.5. The molecule has 1 aliphatic heterocycles. The Morgan fingerprint density at radius 2 is 1.20 bits per heavy atom. The van der Waals surface area contributed by atoms with E-state index in [1.165, 1.54) is 77.2 Å². The topological polar surface area (TPSA) is 21.7 Å². The molecule has 8 aromatic rings. The number of hydrogen-bond acceptors (Lipinski definition) is 3. The number of benzene rings is 8. The molecule has 2 unspecified atom stereocenters. The molecule has 3 nitrogen and oxygen atoms in total. The van der Waals surface area contributed by atoms with Crippen molar-refractivity contribution in [2.45, 2.75) is 31.1 Å². The normalized spacial score (nSPS) is 18.4. The molecule has 2 atom stereocenters. The average molecular weight is 826 g/mol. The van der Waals surface area contributed by atoms with E-state index in [9.17, 15) is 0 Å². The Balaban J connectivity index is 0.885. The zero-order valence-electron chi connectivity index (χ0n) is 35.7. The standard InChI is InChI=1S/C61H47NO2/c1-3-21-48-42(15-1)18-13-19-43(48)17-11-12-38-62(46-32-30-45(31-33-46)50-26-14-20-44-16-2-4-22-49(44)50)47-34-35-59-60(41-47)64-39-36-54-53-25-7-10-29-57(53)61(58(54)37-40-63-59)55-27-8-5-23-51(55)52-24-6-9-28-56(52)61/h1-10,13-16,18-27,29-37,39-41,56H,11-12,17,28,38H2/b39-36+,40-37?. The van der Waals surface area contributed by atoms with E-state index in [1.807, 2.05) is 12.5 Å². The van der Waals surface area contributed by atoms with Gasteiger partial charge < -0.3 is 14.4 Å². The molecule has 3 aliphatic carbocycles. The minimum Gasteiger partial charge on any atom is -0.461 e. The van der Waals surface area contributed by atoms with Crippen molar-refractivity contribution in [1.29, 1.82) is 0 Å². The fourth-order valence-corrected chi connectivity index (χ4v) is 11.2. The molecule has 0 N–H and O–H groups in total. The van der Waals surface area contributed by atoms with Crippen LogP contribution in [0, 0.1) is 5.92 Å². The lowest BCUT2D eigenvalue weighted by Crippen LogP contribution is -2.33. The van der Waals surface area contributed by atoms with Gasteiger partial charge in [-0.05, 0) is 139 Å². The highest BCUT2D eigenvalue weighted by Gasteiger charge is 2.56. The lowest BCUT2D eigenvalue weighted by Gasteiger charge is -2.37. The van der Waals surface area contributed by atoms with Crippen LogP contribution in [0.2, 0.25) is 0 Å². The summed E-state index contributed by atoms with van der Waals surface area (Å²) in [6.07, 6.45) is 19.1. The van der Waals surface area contributed by atoms with E-state index in [-0.39, 0.29) is 11.3 Å². The first-order chi connectivity index (χ1) is 31.8. The summed E-state index contributed by atoms with van der Waals surface area (Å²) in [5.41, 5.74) is 14.8. The van der Waals surface area contributed by atoms with Crippen molar-refractivity contribution in [1.82, 2.24) is 0 Å². The van der Waals surface area contributed by atoms with Crippen LogP contribution >= 0.6 is 0 Å². The van der Waals surface area contributed by atoms with Gasteiger partial charge in [-0.25, -0.2) is 0 Å². The van der Waals surface area contributed by atoms with E-state index in [1.54, 1.807) is 0 Å². The van der Waals surface area contributed by atoms with Gasteiger partial charge in [0.05, 0.1) is 17.9 Å². The molecule has 1 spiro atoms. The molecule has 1 heterocycles. The van der Waals surface area contributed by atoms with Crippen LogP contribution in [0.15, 0.2) is 224 Å². The summed E-state index contributed by atoms with van der Waals surface area (Å²) in [7, 11) is 0. The third kappa shape index (κ3) is 6.26. The lowest BCUT2D eigenvalue weighted by molar-refractivity contribution is 0.414. The van der Waals surface area contributed by atoms with Gasteiger partial charge in [0.15, 0.2) is 11.5 Å². The fourth-order valence-electron chi connectivity index (χ4n) is 11.2. The first-order valence-electron chi connectivity index (χ1n) is 22.7. The molecule has 0 fully saturated rings. The Hall–Kier alpha value is -7.62. The lowest BCUT2D eigenvalue weighted by atomic mass is 9.64. The molecule has 0 bridgehead atoms. The third-order valence-corrected chi connectivity index (χ3v) is 14.0. The summed E-state index contributed by atoms with van der Waals surface area (Å²) in [6, 6.07) is 63.9. The molecule has 12 rings (SSSR count). The second kappa shape index (κ2) is 15.9. The van der Waals surface area contributed by atoms with Crippen LogP contribution < -0.4 is 14.4 Å². The second-order valence-electron chi connectivity index (χ2n) is 17.4. The summed E-state index contributed by atoms with van der Waals surface area (Å²) in [5.74, 6) is 1.62. The number of hydrogen-bond donors (Lipinski definition) is 0. The van der Waals surface area contributed by atoms with Gasteiger partial charge in [0, 0.05) is 29.9 Å². The number of unbranched alkanes of at least 4 members (excludes halogenated alkanes) is 1. The van der Waals surface area contributed by atoms with Gasteiger partial charge in [0.25, 0.3) is 0 Å². The Bertz CT molecular complexity index is 3260.